The van der Waals surface area contributed by atoms with Crippen molar-refractivity contribution in [2.75, 3.05) is 0 Å². The van der Waals surface area contributed by atoms with Gasteiger partial charge in [-0.3, -0.25) is 9.13 Å². The SMILES string of the molecule is O=P(O)(O)c1ccccc1OSOc1ccccc1P(=O)(O)O. The highest BCUT2D eigenvalue weighted by molar-refractivity contribution is 7.90. The molecule has 11 heteroatoms. The van der Waals surface area contributed by atoms with E-state index >= 15 is 0 Å². The molecule has 0 bridgehead atoms. The van der Waals surface area contributed by atoms with Crippen LogP contribution in [0.2, 0.25) is 0 Å². The molecule has 0 unspecified atom stereocenters. The van der Waals surface area contributed by atoms with Crippen LogP contribution in [0.15, 0.2) is 48.5 Å². The summed E-state index contributed by atoms with van der Waals surface area (Å²) in [7, 11) is -9.04. The van der Waals surface area contributed by atoms with E-state index in [0.29, 0.717) is 12.3 Å². The van der Waals surface area contributed by atoms with Crippen LogP contribution in [0.1, 0.15) is 0 Å². The topological polar surface area (TPSA) is 134 Å². The number of benzene rings is 2. The first-order valence-electron chi connectivity index (χ1n) is 6.01. The van der Waals surface area contributed by atoms with Crippen LogP contribution in [0, 0.1) is 0 Å². The second kappa shape index (κ2) is 7.07. The van der Waals surface area contributed by atoms with Crippen LogP contribution in [-0.2, 0) is 9.13 Å². The second-order valence-corrected chi connectivity index (χ2v) is 7.87. The minimum absolute atomic E-state index is 0.112. The van der Waals surface area contributed by atoms with Crippen LogP contribution in [0.5, 0.6) is 11.5 Å². The van der Waals surface area contributed by atoms with Gasteiger partial charge in [0.1, 0.15) is 10.6 Å². The Kier molecular flexibility index (Phi) is 5.54. The fourth-order valence-electron chi connectivity index (χ4n) is 1.63. The zero-order chi connectivity index (χ0) is 17.1. The molecule has 0 spiro atoms. The van der Waals surface area contributed by atoms with Crippen molar-refractivity contribution < 1.29 is 37.1 Å². The molecule has 0 saturated heterocycles. The molecule has 0 aliphatic carbocycles. The monoisotopic (exact) mass is 378 g/mol. The van der Waals surface area contributed by atoms with Crippen molar-refractivity contribution in [1.82, 2.24) is 0 Å². The molecule has 23 heavy (non-hydrogen) atoms. The third-order valence-corrected chi connectivity index (χ3v) is 5.10. The first-order chi connectivity index (χ1) is 10.7. The highest BCUT2D eigenvalue weighted by Gasteiger charge is 2.24. The van der Waals surface area contributed by atoms with Gasteiger partial charge in [-0.2, -0.15) is 0 Å². The van der Waals surface area contributed by atoms with Gasteiger partial charge in [0, 0.05) is 0 Å². The van der Waals surface area contributed by atoms with Gasteiger partial charge in [-0.15, -0.1) is 0 Å². The van der Waals surface area contributed by atoms with E-state index in [-0.39, 0.29) is 22.1 Å². The van der Waals surface area contributed by atoms with Gasteiger partial charge < -0.3 is 27.9 Å². The average molecular weight is 378 g/mol. The first-order valence-corrected chi connectivity index (χ1v) is 9.90. The summed E-state index contributed by atoms with van der Waals surface area (Å²) in [6.45, 7) is 0. The molecule has 0 heterocycles. The minimum Gasteiger partial charge on any atom is -0.390 e. The molecule has 0 atom stereocenters. The maximum atomic E-state index is 11.3. The predicted octanol–water partition coefficient (Wildman–Crippen LogP) is 1.31. The Balaban J connectivity index is 2.14. The molecule has 2 aromatic carbocycles. The highest BCUT2D eigenvalue weighted by Crippen LogP contribution is 2.39. The Hall–Kier alpha value is -1.31. The standard InChI is InChI=1S/C12H12O8P2S/c13-21(14,15)11-7-3-1-5-9(11)19-23-20-10-6-2-4-8-12(10)22(16,17)18/h1-8H,(H2,13,14,15)(H2,16,17,18). The molecular weight excluding hydrogens is 366 g/mol. The van der Waals surface area contributed by atoms with Gasteiger partial charge in [-0.05, 0) is 24.3 Å². The molecule has 2 aromatic rings. The van der Waals surface area contributed by atoms with Crippen LogP contribution in [0.4, 0.5) is 0 Å². The summed E-state index contributed by atoms with van der Waals surface area (Å²) in [6, 6.07) is 11.0. The molecule has 124 valence electrons. The lowest BCUT2D eigenvalue weighted by Crippen LogP contribution is -2.09. The molecular formula is C12H12O8P2S. The van der Waals surface area contributed by atoms with Crippen LogP contribution < -0.4 is 19.0 Å². The van der Waals surface area contributed by atoms with E-state index in [2.05, 4.69) is 0 Å². The van der Waals surface area contributed by atoms with E-state index in [1.807, 2.05) is 0 Å². The largest absolute Gasteiger partial charge is 0.390 e. The first kappa shape index (κ1) is 18.0. The van der Waals surface area contributed by atoms with Gasteiger partial charge in [0.15, 0.2) is 11.5 Å². The number of rotatable bonds is 6. The molecule has 0 aliphatic rings. The fourth-order valence-corrected chi connectivity index (χ4v) is 3.60. The zero-order valence-corrected chi connectivity index (χ0v) is 13.9. The van der Waals surface area contributed by atoms with E-state index < -0.39 is 15.2 Å². The second-order valence-electron chi connectivity index (χ2n) is 4.26. The summed E-state index contributed by atoms with van der Waals surface area (Å²) in [4.78, 5) is 36.9. The van der Waals surface area contributed by atoms with Crippen molar-refractivity contribution >= 4 is 38.1 Å². The summed E-state index contributed by atoms with van der Waals surface area (Å²) >= 11 is 0.333. The quantitative estimate of drug-likeness (QED) is 0.434. The molecule has 8 nitrogen and oxygen atoms in total. The highest BCUT2D eigenvalue weighted by atomic mass is 32.2. The van der Waals surface area contributed by atoms with Gasteiger partial charge >= 0.3 is 15.2 Å². The Morgan fingerprint density at radius 2 is 1.04 bits per heavy atom. The molecule has 0 radical (unpaired) electrons. The third kappa shape index (κ3) is 4.83. The summed E-state index contributed by atoms with van der Waals surface area (Å²) in [5, 5.41) is -0.640. The lowest BCUT2D eigenvalue weighted by molar-refractivity contribution is 0.384. The number of hydrogen-bond donors (Lipinski definition) is 4. The van der Waals surface area contributed by atoms with Crippen molar-refractivity contribution in [3.05, 3.63) is 48.5 Å². The van der Waals surface area contributed by atoms with Gasteiger partial charge in [-0.25, -0.2) is 0 Å². The molecule has 2 rings (SSSR count). The number of hydrogen-bond acceptors (Lipinski definition) is 5. The van der Waals surface area contributed by atoms with Crippen molar-refractivity contribution in [3.8, 4) is 11.5 Å². The third-order valence-electron chi connectivity index (χ3n) is 2.61. The van der Waals surface area contributed by atoms with Gasteiger partial charge in [0.25, 0.3) is 12.3 Å². The van der Waals surface area contributed by atoms with Crippen LogP contribution in [-0.4, -0.2) is 19.6 Å². The zero-order valence-electron chi connectivity index (χ0n) is 11.3. The molecule has 4 N–H and O–H groups in total. The van der Waals surface area contributed by atoms with Crippen LogP contribution in [0.3, 0.4) is 0 Å². The molecule has 0 saturated carbocycles. The van der Waals surface area contributed by atoms with E-state index in [1.165, 1.54) is 48.5 Å². The molecule has 0 fully saturated rings. The Morgan fingerprint density at radius 1 is 0.696 bits per heavy atom. The molecule has 0 amide bonds. The van der Waals surface area contributed by atoms with Crippen LogP contribution in [0.25, 0.3) is 0 Å². The maximum absolute atomic E-state index is 11.3. The summed E-state index contributed by atoms with van der Waals surface area (Å²) < 4.78 is 32.8. The summed E-state index contributed by atoms with van der Waals surface area (Å²) in [6.07, 6.45) is 0. The molecule has 0 aliphatic heterocycles. The lowest BCUT2D eigenvalue weighted by Gasteiger charge is -2.12. The Bertz CT molecular complexity index is 719. The summed E-state index contributed by atoms with van der Waals surface area (Å²) in [5.41, 5.74) is 0. The normalized spacial score (nSPS) is 12.0. The Labute approximate surface area is 135 Å². The van der Waals surface area contributed by atoms with E-state index in [4.69, 9.17) is 8.37 Å². The van der Waals surface area contributed by atoms with Crippen molar-refractivity contribution in [2.45, 2.75) is 0 Å². The van der Waals surface area contributed by atoms with Crippen molar-refractivity contribution in [2.24, 2.45) is 0 Å². The lowest BCUT2D eigenvalue weighted by atomic mass is 10.3. The average Bonchev–Trinajstić information content (AvgIpc) is 2.46. The predicted molar refractivity (Wildman–Crippen MR) is 85.1 cm³/mol. The van der Waals surface area contributed by atoms with Crippen molar-refractivity contribution in [1.29, 1.82) is 0 Å². The smallest absolute Gasteiger partial charge is 0.360 e. The van der Waals surface area contributed by atoms with Gasteiger partial charge in [0.05, 0.1) is 0 Å². The van der Waals surface area contributed by atoms with E-state index in [9.17, 15) is 28.7 Å². The Morgan fingerprint density at radius 3 is 1.39 bits per heavy atom. The van der Waals surface area contributed by atoms with E-state index in [0.717, 1.165) is 0 Å². The van der Waals surface area contributed by atoms with E-state index in [1.54, 1.807) is 0 Å². The van der Waals surface area contributed by atoms with Crippen LogP contribution >= 0.6 is 27.5 Å². The summed E-state index contributed by atoms with van der Waals surface area (Å²) in [5.74, 6) is -0.223. The van der Waals surface area contributed by atoms with Gasteiger partial charge in [-0.1, -0.05) is 24.3 Å². The number of para-hydroxylation sites is 2. The fraction of sp³-hybridized carbons (Fsp3) is 0. The van der Waals surface area contributed by atoms with Crippen molar-refractivity contribution in [3.63, 3.8) is 0 Å². The minimum atomic E-state index is -4.52. The maximum Gasteiger partial charge on any atom is 0.360 e. The molecule has 0 aromatic heterocycles. The van der Waals surface area contributed by atoms with Gasteiger partial charge in [0.2, 0.25) is 0 Å².